The molecule has 1 saturated heterocycles. The number of aromatic nitrogens is 1. The molecule has 2 N–H and O–H groups in total. The standard InChI is InChI=1S/C19H25N3O3/c1-18(2,3)25-17(24)22-15(16(23)21-19(22,4)5)10-12-11-20-14-9-7-6-8-13(12)14/h6-9,11,15,20H,10H2,1-5H3,(H,21,23). The highest BCUT2D eigenvalue weighted by Crippen LogP contribution is 2.29. The van der Waals surface area contributed by atoms with Crippen LogP contribution in [0.3, 0.4) is 0 Å². The van der Waals surface area contributed by atoms with Crippen LogP contribution in [0.25, 0.3) is 10.9 Å². The van der Waals surface area contributed by atoms with E-state index < -0.39 is 23.4 Å². The highest BCUT2D eigenvalue weighted by molar-refractivity contribution is 5.91. The first-order valence-corrected chi connectivity index (χ1v) is 8.48. The number of amides is 2. The van der Waals surface area contributed by atoms with Crippen molar-refractivity contribution in [2.75, 3.05) is 0 Å². The first-order chi connectivity index (χ1) is 11.6. The second-order valence-electron chi connectivity index (χ2n) is 7.98. The summed E-state index contributed by atoms with van der Waals surface area (Å²) in [6, 6.07) is 7.31. The van der Waals surface area contributed by atoms with Gasteiger partial charge in [0.1, 0.15) is 17.3 Å². The van der Waals surface area contributed by atoms with E-state index in [1.807, 2.05) is 65.1 Å². The second kappa shape index (κ2) is 5.79. The fraction of sp³-hybridized carbons (Fsp3) is 0.474. The van der Waals surface area contributed by atoms with Crippen molar-refractivity contribution >= 4 is 22.9 Å². The number of carbonyl (C=O) groups is 2. The van der Waals surface area contributed by atoms with Crippen molar-refractivity contribution in [2.45, 2.75) is 58.3 Å². The molecule has 1 aromatic carbocycles. The van der Waals surface area contributed by atoms with Gasteiger partial charge in [-0.2, -0.15) is 0 Å². The van der Waals surface area contributed by atoms with E-state index in [4.69, 9.17) is 4.74 Å². The molecule has 2 heterocycles. The van der Waals surface area contributed by atoms with E-state index in [0.717, 1.165) is 16.5 Å². The molecule has 1 aliphatic heterocycles. The summed E-state index contributed by atoms with van der Waals surface area (Å²) < 4.78 is 5.53. The lowest BCUT2D eigenvalue weighted by molar-refractivity contribution is -0.121. The third kappa shape index (κ3) is 3.34. The Morgan fingerprint density at radius 3 is 2.64 bits per heavy atom. The minimum Gasteiger partial charge on any atom is -0.444 e. The van der Waals surface area contributed by atoms with Gasteiger partial charge in [-0.1, -0.05) is 18.2 Å². The van der Waals surface area contributed by atoms with E-state index in [-0.39, 0.29) is 5.91 Å². The Hall–Kier alpha value is -2.50. The molecule has 1 aromatic heterocycles. The molecule has 0 saturated carbocycles. The van der Waals surface area contributed by atoms with Crippen molar-refractivity contribution in [1.82, 2.24) is 15.2 Å². The topological polar surface area (TPSA) is 74.4 Å². The van der Waals surface area contributed by atoms with Gasteiger partial charge >= 0.3 is 6.09 Å². The maximum atomic E-state index is 12.7. The molecule has 0 radical (unpaired) electrons. The summed E-state index contributed by atoms with van der Waals surface area (Å²) >= 11 is 0. The number of aromatic amines is 1. The number of fused-ring (bicyclic) bond motifs is 1. The summed E-state index contributed by atoms with van der Waals surface area (Å²) in [7, 11) is 0. The van der Waals surface area contributed by atoms with Gasteiger partial charge in [0, 0.05) is 23.5 Å². The predicted molar refractivity (Wildman–Crippen MR) is 96.1 cm³/mol. The molecule has 6 heteroatoms. The molecule has 1 atom stereocenters. The van der Waals surface area contributed by atoms with Crippen LogP contribution in [0, 0.1) is 0 Å². The lowest BCUT2D eigenvalue weighted by Gasteiger charge is -2.35. The molecule has 2 amide bonds. The van der Waals surface area contributed by atoms with Crippen LogP contribution in [0.2, 0.25) is 0 Å². The van der Waals surface area contributed by atoms with Crippen molar-refractivity contribution in [3.63, 3.8) is 0 Å². The summed E-state index contributed by atoms with van der Waals surface area (Å²) in [5.74, 6) is -0.166. The lowest BCUT2D eigenvalue weighted by atomic mass is 10.0. The summed E-state index contributed by atoms with van der Waals surface area (Å²) in [5, 5.41) is 3.96. The Morgan fingerprint density at radius 1 is 1.28 bits per heavy atom. The third-order valence-corrected chi connectivity index (χ3v) is 4.32. The largest absolute Gasteiger partial charge is 0.444 e. The summed E-state index contributed by atoms with van der Waals surface area (Å²) in [5.41, 5.74) is 0.598. The van der Waals surface area contributed by atoms with Crippen LogP contribution < -0.4 is 5.32 Å². The van der Waals surface area contributed by atoms with Crippen LogP contribution >= 0.6 is 0 Å². The molecule has 3 rings (SSSR count). The summed E-state index contributed by atoms with van der Waals surface area (Å²) in [6.07, 6.45) is 1.84. The molecule has 0 spiro atoms. The Labute approximate surface area is 147 Å². The number of carbonyl (C=O) groups excluding carboxylic acids is 2. The van der Waals surface area contributed by atoms with Crippen molar-refractivity contribution in [1.29, 1.82) is 0 Å². The zero-order valence-electron chi connectivity index (χ0n) is 15.3. The number of H-pyrrole nitrogens is 1. The highest BCUT2D eigenvalue weighted by Gasteiger charge is 2.49. The van der Waals surface area contributed by atoms with Crippen molar-refractivity contribution < 1.29 is 14.3 Å². The molecule has 1 unspecified atom stereocenters. The molecular weight excluding hydrogens is 318 g/mol. The molecular formula is C19H25N3O3. The van der Waals surface area contributed by atoms with E-state index in [0.29, 0.717) is 6.42 Å². The fourth-order valence-corrected chi connectivity index (χ4v) is 3.31. The van der Waals surface area contributed by atoms with Crippen molar-refractivity contribution in [2.24, 2.45) is 0 Å². The Bertz CT molecular complexity index is 817. The Kier molecular flexibility index (Phi) is 4.01. The lowest BCUT2D eigenvalue weighted by Crippen LogP contribution is -2.53. The molecule has 2 aromatic rings. The van der Waals surface area contributed by atoms with Gasteiger partial charge in [0.15, 0.2) is 0 Å². The van der Waals surface area contributed by atoms with Gasteiger partial charge in [0.05, 0.1) is 0 Å². The SMILES string of the molecule is CC(C)(C)OC(=O)N1C(Cc2c[nH]c3ccccc23)C(=O)NC1(C)C. The zero-order valence-corrected chi connectivity index (χ0v) is 15.3. The van der Waals surface area contributed by atoms with Crippen LogP contribution in [-0.2, 0) is 16.0 Å². The molecule has 134 valence electrons. The van der Waals surface area contributed by atoms with Gasteiger partial charge in [0.25, 0.3) is 0 Å². The van der Waals surface area contributed by atoms with E-state index >= 15 is 0 Å². The van der Waals surface area contributed by atoms with Crippen LogP contribution in [-0.4, -0.2) is 39.2 Å². The van der Waals surface area contributed by atoms with Crippen molar-refractivity contribution in [3.8, 4) is 0 Å². The molecule has 0 aliphatic carbocycles. The second-order valence-corrected chi connectivity index (χ2v) is 7.98. The quantitative estimate of drug-likeness (QED) is 0.879. The highest BCUT2D eigenvalue weighted by atomic mass is 16.6. The van der Waals surface area contributed by atoms with Gasteiger partial charge in [-0.05, 0) is 46.2 Å². The van der Waals surface area contributed by atoms with Gasteiger partial charge in [0.2, 0.25) is 5.91 Å². The number of hydrogen-bond donors (Lipinski definition) is 2. The molecule has 1 aliphatic rings. The van der Waals surface area contributed by atoms with Gasteiger partial charge in [-0.25, -0.2) is 4.79 Å². The molecule has 0 bridgehead atoms. The number of rotatable bonds is 2. The number of para-hydroxylation sites is 1. The molecule has 1 fully saturated rings. The fourth-order valence-electron chi connectivity index (χ4n) is 3.31. The van der Waals surface area contributed by atoms with E-state index in [1.54, 1.807) is 0 Å². The number of ether oxygens (including phenoxy) is 1. The first-order valence-electron chi connectivity index (χ1n) is 8.48. The molecule has 25 heavy (non-hydrogen) atoms. The Morgan fingerprint density at radius 2 is 1.96 bits per heavy atom. The minimum absolute atomic E-state index is 0.166. The average Bonchev–Trinajstić information content (AvgIpc) is 2.96. The van der Waals surface area contributed by atoms with Crippen LogP contribution in [0.15, 0.2) is 30.5 Å². The predicted octanol–water partition coefficient (Wildman–Crippen LogP) is 3.18. The number of hydrogen-bond acceptors (Lipinski definition) is 3. The number of nitrogens with one attached hydrogen (secondary N) is 2. The summed E-state index contributed by atoms with van der Waals surface area (Å²) in [6.45, 7) is 9.07. The number of nitrogens with zero attached hydrogens (tertiary/aromatic N) is 1. The maximum absolute atomic E-state index is 12.7. The number of benzene rings is 1. The van der Waals surface area contributed by atoms with Crippen molar-refractivity contribution in [3.05, 3.63) is 36.0 Å². The normalized spacial score (nSPS) is 20.0. The zero-order chi connectivity index (χ0) is 18.4. The van der Waals surface area contributed by atoms with E-state index in [1.165, 1.54) is 4.90 Å². The Balaban J connectivity index is 1.92. The maximum Gasteiger partial charge on any atom is 0.412 e. The minimum atomic E-state index is -0.795. The molecule has 6 nitrogen and oxygen atoms in total. The van der Waals surface area contributed by atoms with Gasteiger partial charge in [-0.15, -0.1) is 0 Å². The summed E-state index contributed by atoms with van der Waals surface area (Å²) in [4.78, 5) is 30.0. The van der Waals surface area contributed by atoms with E-state index in [2.05, 4.69) is 10.3 Å². The average molecular weight is 343 g/mol. The van der Waals surface area contributed by atoms with Crippen LogP contribution in [0.1, 0.15) is 40.2 Å². The monoisotopic (exact) mass is 343 g/mol. The third-order valence-electron chi connectivity index (χ3n) is 4.32. The van der Waals surface area contributed by atoms with Crippen LogP contribution in [0.5, 0.6) is 0 Å². The van der Waals surface area contributed by atoms with Gasteiger partial charge in [-0.3, -0.25) is 9.69 Å². The smallest absolute Gasteiger partial charge is 0.412 e. The first kappa shape index (κ1) is 17.3. The van der Waals surface area contributed by atoms with E-state index in [9.17, 15) is 9.59 Å². The van der Waals surface area contributed by atoms with Crippen LogP contribution in [0.4, 0.5) is 4.79 Å². The van der Waals surface area contributed by atoms with Gasteiger partial charge < -0.3 is 15.0 Å².